The molecule has 1 atom stereocenters. The smallest absolute Gasteiger partial charge is 0.351 e. The first kappa shape index (κ1) is 13.8. The number of benzene rings is 1. The molecule has 1 aromatic carbocycles. The Morgan fingerprint density at radius 1 is 1.32 bits per heavy atom. The minimum atomic E-state index is -4.74. The van der Waals surface area contributed by atoms with Crippen molar-refractivity contribution in [2.75, 3.05) is 0 Å². The van der Waals surface area contributed by atoms with E-state index in [1.54, 1.807) is 13.8 Å². The summed E-state index contributed by atoms with van der Waals surface area (Å²) in [6, 6.07) is 2.90. The highest BCUT2D eigenvalue weighted by atomic mass is 19.4. The largest absolute Gasteiger partial charge is 0.419 e. The molecule has 1 saturated heterocycles. The van der Waals surface area contributed by atoms with Crippen molar-refractivity contribution >= 4 is 5.91 Å². The lowest BCUT2D eigenvalue weighted by Gasteiger charge is -2.27. The van der Waals surface area contributed by atoms with Crippen LogP contribution < -0.4 is 5.32 Å². The van der Waals surface area contributed by atoms with E-state index < -0.39 is 29.0 Å². The number of nitrogens with one attached hydrogen (secondary N) is 1. The average molecular weight is 275 g/mol. The molecule has 19 heavy (non-hydrogen) atoms. The third-order valence-corrected chi connectivity index (χ3v) is 3.42. The van der Waals surface area contributed by atoms with E-state index in [0.717, 1.165) is 12.1 Å². The summed E-state index contributed by atoms with van der Waals surface area (Å²) in [6.07, 6.45) is -4.63. The van der Waals surface area contributed by atoms with Crippen molar-refractivity contribution < 1.29 is 22.4 Å². The normalized spacial score (nSPS) is 22.4. The minimum Gasteiger partial charge on any atom is -0.351 e. The van der Waals surface area contributed by atoms with E-state index in [9.17, 15) is 22.4 Å². The number of hydrogen-bond acceptors (Lipinski definition) is 1. The SMILES string of the molecule is CC1(C)NC(=O)CC1c1ccc(F)c(C(F)(F)F)c1. The summed E-state index contributed by atoms with van der Waals surface area (Å²) in [5.74, 6) is -1.92. The number of amides is 1. The first-order valence-corrected chi connectivity index (χ1v) is 5.79. The molecule has 1 aliphatic heterocycles. The van der Waals surface area contributed by atoms with Crippen LogP contribution in [0, 0.1) is 5.82 Å². The maximum atomic E-state index is 13.2. The van der Waals surface area contributed by atoms with Crippen LogP contribution in [0.5, 0.6) is 0 Å². The topological polar surface area (TPSA) is 29.1 Å². The summed E-state index contributed by atoms with van der Waals surface area (Å²) < 4.78 is 51.2. The standard InChI is InChI=1S/C13H13F4NO/c1-12(2)8(6-11(19)18-12)7-3-4-10(14)9(5-7)13(15,16)17/h3-5,8H,6H2,1-2H3,(H,18,19). The van der Waals surface area contributed by atoms with Crippen LogP contribution in [0.3, 0.4) is 0 Å². The van der Waals surface area contributed by atoms with Gasteiger partial charge in [0.05, 0.1) is 5.56 Å². The van der Waals surface area contributed by atoms with E-state index in [-0.39, 0.29) is 12.3 Å². The van der Waals surface area contributed by atoms with Gasteiger partial charge in [0.25, 0.3) is 0 Å². The molecule has 0 saturated carbocycles. The van der Waals surface area contributed by atoms with Gasteiger partial charge in [0.1, 0.15) is 5.82 Å². The third kappa shape index (κ3) is 2.57. The first-order valence-electron chi connectivity index (χ1n) is 5.79. The number of halogens is 4. The Labute approximate surface area is 107 Å². The number of alkyl halides is 3. The molecule has 6 heteroatoms. The van der Waals surface area contributed by atoms with E-state index in [1.165, 1.54) is 6.07 Å². The molecule has 0 bridgehead atoms. The van der Waals surface area contributed by atoms with Gasteiger partial charge >= 0.3 is 6.18 Å². The predicted molar refractivity (Wildman–Crippen MR) is 61.0 cm³/mol. The fraction of sp³-hybridized carbons (Fsp3) is 0.462. The Kier molecular flexibility index (Phi) is 3.07. The van der Waals surface area contributed by atoms with E-state index >= 15 is 0 Å². The molecule has 104 valence electrons. The molecule has 0 aliphatic carbocycles. The molecule has 0 aromatic heterocycles. The molecule has 1 amide bonds. The van der Waals surface area contributed by atoms with Crippen LogP contribution in [0.4, 0.5) is 17.6 Å². The predicted octanol–water partition coefficient (Wildman–Crippen LogP) is 3.23. The molecule has 0 spiro atoms. The molecule has 1 N–H and O–H groups in total. The second-order valence-corrected chi connectivity index (χ2v) is 5.26. The maximum Gasteiger partial charge on any atom is 0.419 e. The van der Waals surface area contributed by atoms with Gasteiger partial charge in [-0.3, -0.25) is 4.79 Å². The Morgan fingerprint density at radius 3 is 2.42 bits per heavy atom. The molecule has 1 aromatic rings. The van der Waals surface area contributed by atoms with Gasteiger partial charge in [-0.1, -0.05) is 6.07 Å². The molecule has 1 unspecified atom stereocenters. The van der Waals surface area contributed by atoms with Gasteiger partial charge in [-0.25, -0.2) is 4.39 Å². The van der Waals surface area contributed by atoms with Gasteiger partial charge in [0.2, 0.25) is 5.91 Å². The van der Waals surface area contributed by atoms with Crippen molar-refractivity contribution in [2.24, 2.45) is 0 Å². The number of carbonyl (C=O) groups is 1. The van der Waals surface area contributed by atoms with Crippen LogP contribution in [0.1, 0.15) is 37.3 Å². The Morgan fingerprint density at radius 2 is 1.95 bits per heavy atom. The molecule has 0 radical (unpaired) electrons. The summed E-state index contributed by atoms with van der Waals surface area (Å²) in [4.78, 5) is 11.4. The fourth-order valence-electron chi connectivity index (χ4n) is 2.45. The maximum absolute atomic E-state index is 13.2. The summed E-state index contributed by atoms with van der Waals surface area (Å²) in [6.45, 7) is 3.47. The van der Waals surface area contributed by atoms with E-state index in [1.807, 2.05) is 0 Å². The third-order valence-electron chi connectivity index (χ3n) is 3.42. The highest BCUT2D eigenvalue weighted by Crippen LogP contribution is 2.39. The van der Waals surface area contributed by atoms with E-state index in [2.05, 4.69) is 5.32 Å². The average Bonchev–Trinajstić information content (AvgIpc) is 2.51. The van der Waals surface area contributed by atoms with Crippen molar-refractivity contribution in [1.29, 1.82) is 0 Å². The summed E-state index contributed by atoms with van der Waals surface area (Å²) in [5.41, 5.74) is -1.62. The van der Waals surface area contributed by atoms with Crippen LogP contribution in [0.2, 0.25) is 0 Å². The molecular weight excluding hydrogens is 262 g/mol. The van der Waals surface area contributed by atoms with Crippen LogP contribution >= 0.6 is 0 Å². The van der Waals surface area contributed by atoms with E-state index in [4.69, 9.17) is 0 Å². The van der Waals surface area contributed by atoms with Gasteiger partial charge in [-0.15, -0.1) is 0 Å². The molecule has 2 nitrogen and oxygen atoms in total. The Balaban J connectivity index is 2.45. The van der Waals surface area contributed by atoms with Crippen molar-refractivity contribution in [3.8, 4) is 0 Å². The van der Waals surface area contributed by atoms with Gasteiger partial charge in [0.15, 0.2) is 0 Å². The second kappa shape index (κ2) is 4.21. The molecular formula is C13H13F4NO. The van der Waals surface area contributed by atoms with Crippen molar-refractivity contribution in [3.05, 3.63) is 35.1 Å². The molecule has 2 rings (SSSR count). The van der Waals surface area contributed by atoms with Crippen LogP contribution in [-0.2, 0) is 11.0 Å². The Bertz CT molecular complexity index is 522. The van der Waals surface area contributed by atoms with Crippen molar-refractivity contribution in [3.63, 3.8) is 0 Å². The van der Waals surface area contributed by atoms with Crippen molar-refractivity contribution in [1.82, 2.24) is 5.32 Å². The highest BCUT2D eigenvalue weighted by molar-refractivity contribution is 5.81. The lowest BCUT2D eigenvalue weighted by atomic mass is 9.82. The molecule has 1 heterocycles. The zero-order valence-electron chi connectivity index (χ0n) is 10.4. The Hall–Kier alpha value is -1.59. The summed E-state index contributed by atoms with van der Waals surface area (Å²) in [5, 5.41) is 2.70. The zero-order valence-corrected chi connectivity index (χ0v) is 10.4. The summed E-state index contributed by atoms with van der Waals surface area (Å²) >= 11 is 0. The highest BCUT2D eigenvalue weighted by Gasteiger charge is 2.41. The van der Waals surface area contributed by atoms with Crippen LogP contribution in [0.15, 0.2) is 18.2 Å². The first-order chi connectivity index (χ1) is 8.61. The van der Waals surface area contributed by atoms with E-state index in [0.29, 0.717) is 5.56 Å². The number of carbonyl (C=O) groups excluding carboxylic acids is 1. The summed E-state index contributed by atoms with van der Waals surface area (Å²) in [7, 11) is 0. The second-order valence-electron chi connectivity index (χ2n) is 5.26. The number of hydrogen-bond donors (Lipinski definition) is 1. The van der Waals surface area contributed by atoms with Crippen LogP contribution in [-0.4, -0.2) is 11.4 Å². The number of rotatable bonds is 1. The molecule has 1 aliphatic rings. The zero-order chi connectivity index (χ0) is 14.4. The van der Waals surface area contributed by atoms with Crippen LogP contribution in [0.25, 0.3) is 0 Å². The lowest BCUT2D eigenvalue weighted by Crippen LogP contribution is -2.38. The van der Waals surface area contributed by atoms with Crippen molar-refractivity contribution in [2.45, 2.75) is 37.9 Å². The van der Waals surface area contributed by atoms with Gasteiger partial charge in [0, 0.05) is 17.9 Å². The van der Waals surface area contributed by atoms with Gasteiger partial charge < -0.3 is 5.32 Å². The quantitative estimate of drug-likeness (QED) is 0.783. The lowest BCUT2D eigenvalue weighted by molar-refractivity contribution is -0.140. The monoisotopic (exact) mass is 275 g/mol. The van der Waals surface area contributed by atoms with Gasteiger partial charge in [-0.05, 0) is 31.5 Å². The minimum absolute atomic E-state index is 0.107. The fourth-order valence-corrected chi connectivity index (χ4v) is 2.45. The van der Waals surface area contributed by atoms with Gasteiger partial charge in [-0.2, -0.15) is 13.2 Å². The molecule has 1 fully saturated rings.